The third-order valence-corrected chi connectivity index (χ3v) is 4.06. The summed E-state index contributed by atoms with van der Waals surface area (Å²) in [6.07, 6.45) is 5.96. The quantitative estimate of drug-likeness (QED) is 0.518. The van der Waals surface area contributed by atoms with Gasteiger partial charge in [0, 0.05) is 13.1 Å². The van der Waals surface area contributed by atoms with Gasteiger partial charge in [-0.2, -0.15) is 5.10 Å². The lowest BCUT2D eigenvalue weighted by Gasteiger charge is -2.23. The largest absolute Gasteiger partial charge is 0.362 e. The summed E-state index contributed by atoms with van der Waals surface area (Å²) in [5.74, 6) is 1.08. The van der Waals surface area contributed by atoms with E-state index in [-0.39, 0.29) is 10.6 Å². The van der Waals surface area contributed by atoms with Gasteiger partial charge in [0.2, 0.25) is 5.82 Å². The van der Waals surface area contributed by atoms with Gasteiger partial charge < -0.3 is 5.32 Å². The predicted molar refractivity (Wildman–Crippen MR) is 74.3 cm³/mol. The Morgan fingerprint density at radius 3 is 2.74 bits per heavy atom. The summed E-state index contributed by atoms with van der Waals surface area (Å²) in [6, 6.07) is 0.302. The zero-order chi connectivity index (χ0) is 14.0. The summed E-state index contributed by atoms with van der Waals surface area (Å²) in [5.41, 5.74) is 0.579. The maximum Gasteiger partial charge on any atom is 0.333 e. The van der Waals surface area contributed by atoms with Crippen molar-refractivity contribution in [1.29, 1.82) is 0 Å². The van der Waals surface area contributed by atoms with E-state index in [2.05, 4.69) is 17.3 Å². The Morgan fingerprint density at radius 2 is 2.05 bits per heavy atom. The Balaban J connectivity index is 2.24. The maximum absolute atomic E-state index is 11.2. The average molecular weight is 266 g/mol. The molecule has 2 atom stereocenters. The van der Waals surface area contributed by atoms with Crippen LogP contribution in [0.4, 0.5) is 11.5 Å². The smallest absolute Gasteiger partial charge is 0.333 e. The van der Waals surface area contributed by atoms with E-state index in [0.717, 1.165) is 6.42 Å². The van der Waals surface area contributed by atoms with Crippen molar-refractivity contribution in [3.05, 3.63) is 15.8 Å². The third-order valence-electron chi connectivity index (χ3n) is 4.06. The van der Waals surface area contributed by atoms with Gasteiger partial charge in [0.15, 0.2) is 0 Å². The molecule has 19 heavy (non-hydrogen) atoms. The van der Waals surface area contributed by atoms with Crippen molar-refractivity contribution in [2.45, 2.75) is 52.0 Å². The molecule has 0 aromatic carbocycles. The van der Waals surface area contributed by atoms with Crippen LogP contribution in [0.25, 0.3) is 0 Å². The molecule has 1 aromatic rings. The second-order valence-corrected chi connectivity index (χ2v) is 5.53. The molecule has 1 aliphatic carbocycles. The minimum Gasteiger partial charge on any atom is -0.362 e. The van der Waals surface area contributed by atoms with Crippen LogP contribution in [0.1, 0.15) is 44.7 Å². The Kier molecular flexibility index (Phi) is 4.07. The molecule has 1 N–H and O–H groups in total. The van der Waals surface area contributed by atoms with E-state index in [1.54, 1.807) is 18.7 Å². The van der Waals surface area contributed by atoms with Crippen LogP contribution in [0.2, 0.25) is 0 Å². The number of hydrogen-bond acceptors (Lipinski definition) is 4. The van der Waals surface area contributed by atoms with Crippen molar-refractivity contribution in [3.63, 3.8) is 0 Å². The predicted octanol–water partition coefficient (Wildman–Crippen LogP) is 3.02. The normalized spacial score (nSPS) is 23.9. The molecule has 1 heterocycles. The van der Waals surface area contributed by atoms with Gasteiger partial charge in [-0.3, -0.25) is 10.1 Å². The zero-order valence-corrected chi connectivity index (χ0v) is 11.8. The van der Waals surface area contributed by atoms with Gasteiger partial charge in [-0.15, -0.1) is 0 Å². The molecule has 0 radical (unpaired) electrons. The molecule has 1 aliphatic rings. The minimum atomic E-state index is -0.341. The number of anilines is 1. The first-order valence-corrected chi connectivity index (χ1v) is 6.95. The number of nitrogens with one attached hydrogen (secondary N) is 1. The molecule has 1 fully saturated rings. The highest BCUT2D eigenvalue weighted by molar-refractivity contribution is 5.59. The van der Waals surface area contributed by atoms with Gasteiger partial charge in [-0.25, -0.2) is 4.68 Å². The first-order chi connectivity index (χ1) is 9.00. The second-order valence-electron chi connectivity index (χ2n) is 5.53. The number of nitrogens with zero attached hydrogens (tertiary/aromatic N) is 3. The highest BCUT2D eigenvalue weighted by Gasteiger charge is 2.28. The fraction of sp³-hybridized carbons (Fsp3) is 0.769. The summed E-state index contributed by atoms with van der Waals surface area (Å²) in [5, 5.41) is 18.7. The van der Waals surface area contributed by atoms with Crippen LogP contribution >= 0.6 is 0 Å². The highest BCUT2D eigenvalue weighted by atomic mass is 16.6. The van der Waals surface area contributed by atoms with Crippen molar-refractivity contribution in [3.8, 4) is 0 Å². The van der Waals surface area contributed by atoms with E-state index in [4.69, 9.17) is 0 Å². The molecule has 1 aromatic heterocycles. The molecule has 106 valence electrons. The third kappa shape index (κ3) is 2.88. The second kappa shape index (κ2) is 5.59. The maximum atomic E-state index is 11.2. The van der Waals surface area contributed by atoms with Crippen LogP contribution in [-0.4, -0.2) is 20.7 Å². The van der Waals surface area contributed by atoms with Gasteiger partial charge >= 0.3 is 5.69 Å². The van der Waals surface area contributed by atoms with Crippen LogP contribution in [-0.2, 0) is 7.05 Å². The molecule has 2 rings (SSSR count). The van der Waals surface area contributed by atoms with Crippen molar-refractivity contribution in [1.82, 2.24) is 9.78 Å². The van der Waals surface area contributed by atoms with Gasteiger partial charge in [-0.1, -0.05) is 26.2 Å². The molecule has 0 bridgehead atoms. The Morgan fingerprint density at radius 1 is 1.37 bits per heavy atom. The molecule has 2 unspecified atom stereocenters. The van der Waals surface area contributed by atoms with Gasteiger partial charge in [0.1, 0.15) is 5.69 Å². The fourth-order valence-corrected chi connectivity index (χ4v) is 2.91. The van der Waals surface area contributed by atoms with Gasteiger partial charge in [-0.05, 0) is 25.7 Å². The molecule has 6 heteroatoms. The number of aryl methyl sites for hydroxylation is 2. The van der Waals surface area contributed by atoms with Crippen LogP contribution in [0.5, 0.6) is 0 Å². The van der Waals surface area contributed by atoms with Crippen molar-refractivity contribution >= 4 is 11.5 Å². The first-order valence-electron chi connectivity index (χ1n) is 6.95. The molecular weight excluding hydrogens is 244 g/mol. The van der Waals surface area contributed by atoms with Gasteiger partial charge in [0.25, 0.3) is 0 Å². The average Bonchev–Trinajstić information content (AvgIpc) is 2.48. The summed E-state index contributed by atoms with van der Waals surface area (Å²) in [6.45, 7) is 3.90. The van der Waals surface area contributed by atoms with Crippen LogP contribution in [0.15, 0.2) is 0 Å². The van der Waals surface area contributed by atoms with E-state index in [9.17, 15) is 10.1 Å². The lowest BCUT2D eigenvalue weighted by Crippen LogP contribution is -2.27. The monoisotopic (exact) mass is 266 g/mol. The molecular formula is C13H22N4O2. The Bertz CT molecular complexity index is 469. The van der Waals surface area contributed by atoms with Gasteiger partial charge in [0.05, 0.1) is 4.92 Å². The van der Waals surface area contributed by atoms with Crippen molar-refractivity contribution in [2.75, 3.05) is 5.32 Å². The summed E-state index contributed by atoms with van der Waals surface area (Å²) >= 11 is 0. The molecule has 0 amide bonds. The number of hydrogen-bond donors (Lipinski definition) is 1. The minimum absolute atomic E-state index is 0.110. The number of aromatic nitrogens is 2. The van der Waals surface area contributed by atoms with E-state index < -0.39 is 0 Å². The molecule has 0 spiro atoms. The topological polar surface area (TPSA) is 73.0 Å². The van der Waals surface area contributed by atoms with Crippen molar-refractivity contribution in [2.24, 2.45) is 13.0 Å². The van der Waals surface area contributed by atoms with Crippen molar-refractivity contribution < 1.29 is 4.92 Å². The number of nitro groups is 1. The van der Waals surface area contributed by atoms with Crippen LogP contribution < -0.4 is 5.32 Å². The molecule has 0 aliphatic heterocycles. The van der Waals surface area contributed by atoms with E-state index in [0.29, 0.717) is 23.5 Å². The molecule has 1 saturated carbocycles. The Hall–Kier alpha value is -1.59. The lowest BCUT2D eigenvalue weighted by molar-refractivity contribution is -0.384. The summed E-state index contributed by atoms with van der Waals surface area (Å²) in [4.78, 5) is 10.8. The first kappa shape index (κ1) is 13.8. The Labute approximate surface area is 113 Å². The summed E-state index contributed by atoms with van der Waals surface area (Å²) in [7, 11) is 1.75. The van der Waals surface area contributed by atoms with E-state index >= 15 is 0 Å². The van der Waals surface area contributed by atoms with Crippen LogP contribution in [0, 0.1) is 23.0 Å². The summed E-state index contributed by atoms with van der Waals surface area (Å²) < 4.78 is 1.59. The van der Waals surface area contributed by atoms with E-state index in [1.807, 2.05) is 0 Å². The molecule has 6 nitrogen and oxygen atoms in total. The molecule has 0 saturated heterocycles. The van der Waals surface area contributed by atoms with Crippen LogP contribution in [0.3, 0.4) is 0 Å². The fourth-order valence-electron chi connectivity index (χ4n) is 2.91. The number of rotatable bonds is 3. The highest BCUT2D eigenvalue weighted by Crippen LogP contribution is 2.31. The van der Waals surface area contributed by atoms with E-state index in [1.165, 1.54) is 25.7 Å². The lowest BCUT2D eigenvalue weighted by atomic mass is 9.97. The zero-order valence-electron chi connectivity index (χ0n) is 11.8. The SMILES string of the molecule is Cc1nn(C)c(NC2CCCCCC2C)c1[N+](=O)[O-]. The standard InChI is InChI=1S/C13H22N4O2/c1-9-7-5-4-6-8-11(9)14-13-12(17(18)19)10(2)15-16(13)3/h9,11,14H,4-8H2,1-3H3.